The average Bonchev–Trinajstić information content (AvgIpc) is 2.83. The van der Waals surface area contributed by atoms with Gasteiger partial charge >= 0.3 is 0 Å². The highest BCUT2D eigenvalue weighted by Gasteiger charge is 2.75. The average molecular weight is 278 g/mol. The quantitative estimate of drug-likeness (QED) is 0.838. The summed E-state index contributed by atoms with van der Waals surface area (Å²) in [5.74, 6) is 0. The van der Waals surface area contributed by atoms with Crippen molar-refractivity contribution >= 4 is 0 Å². The monoisotopic (exact) mass is 278 g/mol. The van der Waals surface area contributed by atoms with E-state index in [9.17, 15) is 5.11 Å². The minimum absolute atomic E-state index is 0.168. The molecule has 0 heterocycles. The molecule has 4 fully saturated rings. The Balaban J connectivity index is 1.76. The van der Waals surface area contributed by atoms with Gasteiger partial charge in [-0.25, -0.2) is 0 Å². The molecule has 2 heteroatoms. The lowest BCUT2D eigenvalue weighted by Crippen LogP contribution is -2.60. The second kappa shape index (κ2) is 4.23. The summed E-state index contributed by atoms with van der Waals surface area (Å²) < 4.78 is 6.17. The van der Waals surface area contributed by atoms with E-state index in [1.807, 2.05) is 0 Å². The van der Waals surface area contributed by atoms with Crippen LogP contribution in [0.15, 0.2) is 0 Å². The minimum atomic E-state index is -0.517. The van der Waals surface area contributed by atoms with Crippen LogP contribution >= 0.6 is 0 Å². The molecule has 4 saturated carbocycles. The summed E-state index contributed by atoms with van der Waals surface area (Å²) in [4.78, 5) is 0. The molecule has 4 rings (SSSR count). The highest BCUT2D eigenvalue weighted by Crippen LogP contribution is 2.75. The second-order valence-electron chi connectivity index (χ2n) is 8.06. The lowest BCUT2D eigenvalue weighted by Gasteiger charge is -2.54. The number of rotatable bonds is 3. The van der Waals surface area contributed by atoms with Crippen LogP contribution in [0.25, 0.3) is 0 Å². The molecular weight excluding hydrogens is 248 g/mol. The van der Waals surface area contributed by atoms with E-state index in [4.69, 9.17) is 4.74 Å². The summed E-state index contributed by atoms with van der Waals surface area (Å²) in [5, 5.41) is 11.9. The van der Waals surface area contributed by atoms with Crippen molar-refractivity contribution in [3.05, 3.63) is 0 Å². The molecule has 1 N–H and O–H groups in total. The Kier molecular flexibility index (Phi) is 2.87. The fourth-order valence-corrected chi connectivity index (χ4v) is 6.87. The summed E-state index contributed by atoms with van der Waals surface area (Å²) >= 11 is 0. The fraction of sp³-hybridized carbons (Fsp3) is 1.00. The first kappa shape index (κ1) is 13.6. The number of ether oxygens (including phenoxy) is 1. The molecule has 0 aromatic rings. The van der Waals surface area contributed by atoms with Crippen molar-refractivity contribution in [1.82, 2.24) is 0 Å². The van der Waals surface area contributed by atoms with Crippen LogP contribution in [0.1, 0.15) is 84.0 Å². The van der Waals surface area contributed by atoms with Crippen LogP contribution in [-0.2, 0) is 4.74 Å². The zero-order chi connectivity index (χ0) is 13.9. The zero-order valence-electron chi connectivity index (χ0n) is 13.0. The van der Waals surface area contributed by atoms with Crippen molar-refractivity contribution in [2.75, 3.05) is 6.61 Å². The van der Waals surface area contributed by atoms with Crippen LogP contribution in [-0.4, -0.2) is 22.9 Å². The molecule has 0 aromatic carbocycles. The van der Waals surface area contributed by atoms with Gasteiger partial charge in [-0.15, -0.1) is 0 Å². The Bertz CT molecular complexity index is 385. The van der Waals surface area contributed by atoms with Crippen molar-refractivity contribution in [3.63, 3.8) is 0 Å². The number of hydrogen-bond acceptors (Lipinski definition) is 2. The zero-order valence-corrected chi connectivity index (χ0v) is 13.0. The SMILES string of the molecule is CCOC1([C@]2(O)CCC[C@]23CCCC32CCCC2)CC1. The van der Waals surface area contributed by atoms with Crippen molar-refractivity contribution in [2.45, 2.75) is 95.2 Å². The van der Waals surface area contributed by atoms with Crippen LogP contribution in [0.3, 0.4) is 0 Å². The number of hydrogen-bond donors (Lipinski definition) is 1. The smallest absolute Gasteiger partial charge is 0.0997 e. The largest absolute Gasteiger partial charge is 0.386 e. The third kappa shape index (κ3) is 1.38. The third-order valence-corrected chi connectivity index (χ3v) is 7.65. The predicted octanol–water partition coefficient (Wildman–Crippen LogP) is 4.20. The molecule has 0 unspecified atom stereocenters. The molecule has 0 radical (unpaired) electrons. The molecule has 0 bridgehead atoms. The minimum Gasteiger partial charge on any atom is -0.386 e. The van der Waals surface area contributed by atoms with E-state index in [1.54, 1.807) is 0 Å². The molecule has 114 valence electrons. The Morgan fingerprint density at radius 1 is 0.800 bits per heavy atom. The lowest BCUT2D eigenvalue weighted by molar-refractivity contribution is -0.207. The highest BCUT2D eigenvalue weighted by atomic mass is 16.5. The van der Waals surface area contributed by atoms with Gasteiger partial charge in [0.05, 0.1) is 11.2 Å². The summed E-state index contributed by atoms with van der Waals surface area (Å²) in [6, 6.07) is 0. The van der Waals surface area contributed by atoms with Crippen molar-refractivity contribution in [3.8, 4) is 0 Å². The van der Waals surface area contributed by atoms with Gasteiger partial charge in [-0.3, -0.25) is 0 Å². The van der Waals surface area contributed by atoms with E-state index in [0.29, 0.717) is 5.41 Å². The topological polar surface area (TPSA) is 29.5 Å². The summed E-state index contributed by atoms with van der Waals surface area (Å²) in [7, 11) is 0. The molecule has 2 atom stereocenters. The molecule has 4 aliphatic carbocycles. The third-order valence-electron chi connectivity index (χ3n) is 7.65. The van der Waals surface area contributed by atoms with Gasteiger partial charge in [-0.1, -0.05) is 19.3 Å². The van der Waals surface area contributed by atoms with E-state index < -0.39 is 5.60 Å². The Morgan fingerprint density at radius 2 is 1.40 bits per heavy atom. The van der Waals surface area contributed by atoms with E-state index in [1.165, 1.54) is 57.8 Å². The maximum atomic E-state index is 11.9. The molecule has 2 spiro atoms. The van der Waals surface area contributed by atoms with Gasteiger partial charge in [-0.2, -0.15) is 0 Å². The first-order valence-electron chi connectivity index (χ1n) is 9.00. The molecule has 20 heavy (non-hydrogen) atoms. The first-order chi connectivity index (χ1) is 9.64. The number of aliphatic hydroxyl groups is 1. The molecule has 0 saturated heterocycles. The Labute approximate surface area is 123 Å². The van der Waals surface area contributed by atoms with Crippen molar-refractivity contribution < 1.29 is 9.84 Å². The maximum absolute atomic E-state index is 11.9. The maximum Gasteiger partial charge on any atom is 0.0997 e. The molecule has 0 aliphatic heterocycles. The fourth-order valence-electron chi connectivity index (χ4n) is 6.87. The van der Waals surface area contributed by atoms with E-state index in [-0.39, 0.29) is 11.0 Å². The molecule has 0 amide bonds. The van der Waals surface area contributed by atoms with Gasteiger partial charge in [0.25, 0.3) is 0 Å². The first-order valence-corrected chi connectivity index (χ1v) is 9.00. The summed E-state index contributed by atoms with van der Waals surface area (Å²) in [6.45, 7) is 2.84. The van der Waals surface area contributed by atoms with Gasteiger partial charge in [0, 0.05) is 12.0 Å². The van der Waals surface area contributed by atoms with Crippen LogP contribution in [0, 0.1) is 10.8 Å². The Morgan fingerprint density at radius 3 is 2.00 bits per heavy atom. The standard InChI is InChI=1S/C18H30O2/c1-2-20-17(13-14-17)18(19)12-6-11-16(18)10-5-9-15(16)7-3-4-8-15/h19H,2-14H2,1H3/t16-,18-/m0/s1. The Hall–Kier alpha value is -0.0800. The molecule has 0 aromatic heterocycles. The van der Waals surface area contributed by atoms with Gasteiger partial charge in [0.2, 0.25) is 0 Å². The highest BCUT2D eigenvalue weighted by molar-refractivity contribution is 5.26. The van der Waals surface area contributed by atoms with Gasteiger partial charge in [0.15, 0.2) is 0 Å². The van der Waals surface area contributed by atoms with Crippen molar-refractivity contribution in [1.29, 1.82) is 0 Å². The predicted molar refractivity (Wildman–Crippen MR) is 79.6 cm³/mol. The van der Waals surface area contributed by atoms with Gasteiger partial charge < -0.3 is 9.84 Å². The van der Waals surface area contributed by atoms with E-state index in [0.717, 1.165) is 25.9 Å². The van der Waals surface area contributed by atoms with Crippen LogP contribution in [0.4, 0.5) is 0 Å². The summed E-state index contributed by atoms with van der Waals surface area (Å²) in [6.07, 6.45) is 15.2. The van der Waals surface area contributed by atoms with E-state index in [2.05, 4.69) is 6.92 Å². The molecule has 2 nitrogen and oxygen atoms in total. The van der Waals surface area contributed by atoms with E-state index >= 15 is 0 Å². The molecule has 4 aliphatic rings. The second-order valence-corrected chi connectivity index (χ2v) is 8.06. The normalized spacial score (nSPS) is 44.7. The van der Waals surface area contributed by atoms with Gasteiger partial charge in [-0.05, 0) is 70.1 Å². The van der Waals surface area contributed by atoms with Gasteiger partial charge in [0.1, 0.15) is 0 Å². The van der Waals surface area contributed by atoms with Crippen LogP contribution in [0.5, 0.6) is 0 Å². The van der Waals surface area contributed by atoms with Crippen LogP contribution < -0.4 is 0 Å². The van der Waals surface area contributed by atoms with Crippen molar-refractivity contribution in [2.24, 2.45) is 10.8 Å². The van der Waals surface area contributed by atoms with Crippen LogP contribution in [0.2, 0.25) is 0 Å². The summed E-state index contributed by atoms with van der Waals surface area (Å²) in [5.41, 5.74) is -0.0257. The number of fused-ring (bicyclic) bond motifs is 1. The molecular formula is C18H30O2. The lowest BCUT2D eigenvalue weighted by atomic mass is 9.55.